The molecule has 0 radical (unpaired) electrons. The molecule has 1 aromatic rings. The standard InChI is InChI=1S/C13H18FNO5S/c1-9(6-7-19-2)15-21(17,18)12-8-10(14)4-5-11(12)13(16)20-3/h4-5,8-9,15H,6-7H2,1-3H3. The summed E-state index contributed by atoms with van der Waals surface area (Å²) >= 11 is 0. The molecule has 0 heterocycles. The molecule has 1 aromatic carbocycles. The quantitative estimate of drug-likeness (QED) is 0.767. The van der Waals surface area contributed by atoms with Gasteiger partial charge in [-0.15, -0.1) is 0 Å². The van der Waals surface area contributed by atoms with E-state index in [-0.39, 0.29) is 5.56 Å². The molecule has 1 rings (SSSR count). The van der Waals surface area contributed by atoms with Crippen LogP contribution < -0.4 is 4.72 Å². The summed E-state index contributed by atoms with van der Waals surface area (Å²) in [5.74, 6) is -1.60. The predicted octanol–water partition coefficient (Wildman–Crippen LogP) is 1.32. The van der Waals surface area contributed by atoms with Crippen molar-refractivity contribution in [3.05, 3.63) is 29.6 Å². The van der Waals surface area contributed by atoms with Gasteiger partial charge in [0.1, 0.15) is 5.82 Å². The second-order valence-electron chi connectivity index (χ2n) is 4.44. The molecule has 0 fully saturated rings. The molecular weight excluding hydrogens is 301 g/mol. The number of methoxy groups -OCH3 is 2. The Morgan fingerprint density at radius 1 is 1.38 bits per heavy atom. The lowest BCUT2D eigenvalue weighted by Crippen LogP contribution is -2.34. The highest BCUT2D eigenvalue weighted by molar-refractivity contribution is 7.89. The molecule has 0 aliphatic rings. The van der Waals surface area contributed by atoms with E-state index in [0.717, 1.165) is 25.3 Å². The van der Waals surface area contributed by atoms with Crippen molar-refractivity contribution in [2.24, 2.45) is 0 Å². The van der Waals surface area contributed by atoms with Crippen LogP contribution in [0.25, 0.3) is 0 Å². The molecule has 118 valence electrons. The molecule has 0 saturated heterocycles. The molecule has 8 heteroatoms. The number of carbonyl (C=O) groups excluding carboxylic acids is 1. The van der Waals surface area contributed by atoms with E-state index in [4.69, 9.17) is 4.74 Å². The van der Waals surface area contributed by atoms with E-state index in [2.05, 4.69) is 9.46 Å². The van der Waals surface area contributed by atoms with Gasteiger partial charge in [-0.3, -0.25) is 0 Å². The number of nitrogens with one attached hydrogen (secondary N) is 1. The van der Waals surface area contributed by atoms with Crippen LogP contribution in [0.15, 0.2) is 23.1 Å². The van der Waals surface area contributed by atoms with Gasteiger partial charge in [0, 0.05) is 19.8 Å². The van der Waals surface area contributed by atoms with E-state index in [1.807, 2.05) is 0 Å². The normalized spacial score (nSPS) is 13.0. The maximum absolute atomic E-state index is 13.3. The lowest BCUT2D eigenvalue weighted by atomic mass is 10.2. The van der Waals surface area contributed by atoms with Crippen molar-refractivity contribution in [2.45, 2.75) is 24.3 Å². The van der Waals surface area contributed by atoms with Gasteiger partial charge < -0.3 is 9.47 Å². The highest BCUT2D eigenvalue weighted by Gasteiger charge is 2.25. The van der Waals surface area contributed by atoms with Crippen molar-refractivity contribution in [2.75, 3.05) is 20.8 Å². The van der Waals surface area contributed by atoms with Crippen LogP contribution in [-0.4, -0.2) is 41.3 Å². The van der Waals surface area contributed by atoms with E-state index < -0.39 is 32.7 Å². The van der Waals surface area contributed by atoms with Gasteiger partial charge in [-0.25, -0.2) is 22.3 Å². The molecule has 0 aliphatic heterocycles. The molecule has 1 unspecified atom stereocenters. The van der Waals surface area contributed by atoms with Gasteiger partial charge in [-0.05, 0) is 31.5 Å². The number of hydrogen-bond donors (Lipinski definition) is 1. The fourth-order valence-electron chi connectivity index (χ4n) is 1.68. The van der Waals surface area contributed by atoms with E-state index >= 15 is 0 Å². The van der Waals surface area contributed by atoms with Gasteiger partial charge in [-0.2, -0.15) is 0 Å². The fraction of sp³-hybridized carbons (Fsp3) is 0.462. The first-order chi connectivity index (χ1) is 9.81. The Bertz CT molecular complexity index is 603. The van der Waals surface area contributed by atoms with Crippen molar-refractivity contribution in [1.82, 2.24) is 4.72 Å². The summed E-state index contributed by atoms with van der Waals surface area (Å²) in [5, 5.41) is 0. The number of carbonyl (C=O) groups is 1. The number of rotatable bonds is 7. The number of hydrogen-bond acceptors (Lipinski definition) is 5. The Hall–Kier alpha value is -1.51. The first-order valence-electron chi connectivity index (χ1n) is 6.21. The Labute approximate surface area is 123 Å². The molecule has 21 heavy (non-hydrogen) atoms. The summed E-state index contributed by atoms with van der Waals surface area (Å²) < 4.78 is 49.6. The van der Waals surface area contributed by atoms with Crippen molar-refractivity contribution in [3.63, 3.8) is 0 Å². The lowest BCUT2D eigenvalue weighted by molar-refractivity contribution is 0.0596. The molecule has 0 spiro atoms. The first-order valence-corrected chi connectivity index (χ1v) is 7.69. The Balaban J connectivity index is 3.12. The predicted molar refractivity (Wildman–Crippen MR) is 74.0 cm³/mol. The van der Waals surface area contributed by atoms with E-state index in [0.29, 0.717) is 13.0 Å². The molecule has 1 N–H and O–H groups in total. The number of ether oxygens (including phenoxy) is 2. The number of sulfonamides is 1. The highest BCUT2D eigenvalue weighted by Crippen LogP contribution is 2.19. The van der Waals surface area contributed by atoms with Crippen molar-refractivity contribution < 1.29 is 27.1 Å². The Morgan fingerprint density at radius 3 is 2.62 bits per heavy atom. The monoisotopic (exact) mass is 319 g/mol. The van der Waals surface area contributed by atoms with Crippen molar-refractivity contribution in [1.29, 1.82) is 0 Å². The zero-order chi connectivity index (χ0) is 16.0. The molecule has 0 aromatic heterocycles. The lowest BCUT2D eigenvalue weighted by Gasteiger charge is -2.15. The molecule has 0 amide bonds. The second kappa shape index (κ2) is 7.48. The summed E-state index contributed by atoms with van der Waals surface area (Å²) in [6.07, 6.45) is 0.443. The maximum atomic E-state index is 13.3. The van der Waals surface area contributed by atoms with Crippen molar-refractivity contribution in [3.8, 4) is 0 Å². The van der Waals surface area contributed by atoms with Gasteiger partial charge in [0.05, 0.1) is 17.6 Å². The van der Waals surface area contributed by atoms with E-state index in [9.17, 15) is 17.6 Å². The summed E-state index contributed by atoms with van der Waals surface area (Å²) in [5.41, 5.74) is -0.217. The summed E-state index contributed by atoms with van der Waals surface area (Å²) in [7, 11) is -1.42. The molecule has 1 atom stereocenters. The molecule has 0 bridgehead atoms. The SMILES string of the molecule is COCCC(C)NS(=O)(=O)c1cc(F)ccc1C(=O)OC. The third kappa shape index (κ3) is 4.76. The average Bonchev–Trinajstić information content (AvgIpc) is 2.43. The minimum Gasteiger partial charge on any atom is -0.465 e. The van der Waals surface area contributed by atoms with Crippen LogP contribution in [0.3, 0.4) is 0 Å². The second-order valence-corrected chi connectivity index (χ2v) is 6.12. The number of halogens is 1. The molecular formula is C13H18FNO5S. The smallest absolute Gasteiger partial charge is 0.339 e. The van der Waals surface area contributed by atoms with Crippen LogP contribution in [0.4, 0.5) is 4.39 Å². The zero-order valence-corrected chi connectivity index (χ0v) is 12.9. The first kappa shape index (κ1) is 17.5. The Morgan fingerprint density at radius 2 is 2.05 bits per heavy atom. The highest BCUT2D eigenvalue weighted by atomic mass is 32.2. The summed E-state index contributed by atoms with van der Waals surface area (Å²) in [4.78, 5) is 11.1. The van der Waals surface area contributed by atoms with Gasteiger partial charge in [0.15, 0.2) is 0 Å². The van der Waals surface area contributed by atoms with E-state index in [1.165, 1.54) is 7.11 Å². The van der Waals surface area contributed by atoms with E-state index in [1.54, 1.807) is 6.92 Å². The third-order valence-corrected chi connectivity index (χ3v) is 4.38. The topological polar surface area (TPSA) is 81.7 Å². The largest absolute Gasteiger partial charge is 0.465 e. The minimum atomic E-state index is -4.04. The molecule has 0 saturated carbocycles. The maximum Gasteiger partial charge on any atom is 0.339 e. The van der Waals surface area contributed by atoms with Gasteiger partial charge >= 0.3 is 5.97 Å². The zero-order valence-electron chi connectivity index (χ0n) is 12.1. The third-order valence-electron chi connectivity index (χ3n) is 2.75. The van der Waals surface area contributed by atoms with Crippen LogP contribution in [0.5, 0.6) is 0 Å². The van der Waals surface area contributed by atoms with Crippen LogP contribution in [-0.2, 0) is 19.5 Å². The number of esters is 1. The Kier molecular flexibility index (Phi) is 6.25. The van der Waals surface area contributed by atoms with Gasteiger partial charge in [0.25, 0.3) is 0 Å². The molecule has 6 nitrogen and oxygen atoms in total. The molecule has 0 aliphatic carbocycles. The van der Waals surface area contributed by atoms with Crippen LogP contribution in [0, 0.1) is 5.82 Å². The number of benzene rings is 1. The fourth-order valence-corrected chi connectivity index (χ4v) is 3.16. The summed E-state index contributed by atoms with van der Waals surface area (Å²) in [6.45, 7) is 2.02. The average molecular weight is 319 g/mol. The summed E-state index contributed by atoms with van der Waals surface area (Å²) in [6, 6.07) is 2.44. The van der Waals surface area contributed by atoms with Gasteiger partial charge in [0.2, 0.25) is 10.0 Å². The van der Waals surface area contributed by atoms with Gasteiger partial charge in [-0.1, -0.05) is 0 Å². The van der Waals surface area contributed by atoms with Crippen LogP contribution in [0.1, 0.15) is 23.7 Å². The van der Waals surface area contributed by atoms with Crippen LogP contribution >= 0.6 is 0 Å². The van der Waals surface area contributed by atoms with Crippen LogP contribution in [0.2, 0.25) is 0 Å². The van der Waals surface area contributed by atoms with Crippen molar-refractivity contribution >= 4 is 16.0 Å². The minimum absolute atomic E-state index is 0.217.